The lowest BCUT2D eigenvalue weighted by atomic mass is 10.0. The molecule has 0 spiro atoms. The Morgan fingerprint density at radius 1 is 1.39 bits per heavy atom. The number of hydrogen-bond donors (Lipinski definition) is 2. The van der Waals surface area contributed by atoms with Gasteiger partial charge in [-0.15, -0.1) is 0 Å². The topological polar surface area (TPSA) is 66.6 Å². The Hall–Kier alpha value is -1.39. The molecule has 1 amide bonds. The first-order valence-electron chi connectivity index (χ1n) is 6.38. The third-order valence-electron chi connectivity index (χ3n) is 2.97. The van der Waals surface area contributed by atoms with Gasteiger partial charge >= 0.3 is 0 Å². The number of carbonyl (C=O) groups is 1. The van der Waals surface area contributed by atoms with Crippen molar-refractivity contribution in [1.29, 1.82) is 0 Å². The van der Waals surface area contributed by atoms with E-state index in [1.807, 2.05) is 37.3 Å². The van der Waals surface area contributed by atoms with Crippen molar-refractivity contribution in [3.63, 3.8) is 0 Å². The molecule has 0 bridgehead atoms. The standard InChI is InChI=1S/C14H22N2O2/c1-2-16(10-11-17)14(18)13(15)9-8-12-6-4-3-5-7-12/h3-7,13,17H,2,8-11,15H2,1H3/t13-/m0/s1. The summed E-state index contributed by atoms with van der Waals surface area (Å²) in [4.78, 5) is 13.6. The molecule has 0 aliphatic carbocycles. The van der Waals surface area contributed by atoms with Gasteiger partial charge in [0.15, 0.2) is 0 Å². The molecule has 1 aromatic carbocycles. The monoisotopic (exact) mass is 250 g/mol. The van der Waals surface area contributed by atoms with Gasteiger partial charge < -0.3 is 15.7 Å². The number of benzene rings is 1. The van der Waals surface area contributed by atoms with Crippen LogP contribution in [0.3, 0.4) is 0 Å². The zero-order chi connectivity index (χ0) is 13.4. The predicted molar refractivity (Wildman–Crippen MR) is 72.1 cm³/mol. The number of nitrogens with two attached hydrogens (primary N) is 1. The van der Waals surface area contributed by atoms with E-state index in [0.29, 0.717) is 19.5 Å². The molecule has 4 nitrogen and oxygen atoms in total. The van der Waals surface area contributed by atoms with Crippen molar-refractivity contribution in [1.82, 2.24) is 4.90 Å². The minimum atomic E-state index is -0.489. The summed E-state index contributed by atoms with van der Waals surface area (Å²) in [6.07, 6.45) is 1.43. The molecule has 0 radical (unpaired) electrons. The molecular formula is C14H22N2O2. The first-order valence-corrected chi connectivity index (χ1v) is 6.38. The lowest BCUT2D eigenvalue weighted by Crippen LogP contribution is -2.45. The smallest absolute Gasteiger partial charge is 0.239 e. The van der Waals surface area contributed by atoms with Gasteiger partial charge in [0.25, 0.3) is 0 Å². The number of rotatable bonds is 7. The summed E-state index contributed by atoms with van der Waals surface area (Å²) in [7, 11) is 0. The second-order valence-electron chi connectivity index (χ2n) is 4.27. The molecule has 0 aliphatic rings. The van der Waals surface area contributed by atoms with Gasteiger partial charge in [0, 0.05) is 13.1 Å². The van der Waals surface area contributed by atoms with E-state index in [1.54, 1.807) is 4.90 Å². The minimum absolute atomic E-state index is 0.0228. The fourth-order valence-corrected chi connectivity index (χ4v) is 1.87. The van der Waals surface area contributed by atoms with E-state index < -0.39 is 6.04 Å². The SMILES string of the molecule is CCN(CCO)C(=O)[C@@H](N)CCc1ccccc1. The van der Waals surface area contributed by atoms with Crippen LogP contribution in [0.1, 0.15) is 18.9 Å². The summed E-state index contributed by atoms with van der Waals surface area (Å²) in [5.41, 5.74) is 7.09. The number of aliphatic hydroxyl groups excluding tert-OH is 1. The molecule has 0 heterocycles. The summed E-state index contributed by atoms with van der Waals surface area (Å²) in [6.45, 7) is 2.80. The highest BCUT2D eigenvalue weighted by Gasteiger charge is 2.18. The van der Waals surface area contributed by atoms with Gasteiger partial charge in [0.1, 0.15) is 0 Å². The van der Waals surface area contributed by atoms with Gasteiger partial charge in [-0.1, -0.05) is 30.3 Å². The highest BCUT2D eigenvalue weighted by atomic mass is 16.3. The van der Waals surface area contributed by atoms with Crippen molar-refractivity contribution in [3.05, 3.63) is 35.9 Å². The number of carbonyl (C=O) groups excluding carboxylic acids is 1. The van der Waals surface area contributed by atoms with Gasteiger partial charge in [0.05, 0.1) is 12.6 Å². The van der Waals surface area contributed by atoms with Crippen LogP contribution in [0.5, 0.6) is 0 Å². The lowest BCUT2D eigenvalue weighted by Gasteiger charge is -2.23. The van der Waals surface area contributed by atoms with Crippen LogP contribution in [0, 0.1) is 0 Å². The first kappa shape index (κ1) is 14.7. The zero-order valence-corrected chi connectivity index (χ0v) is 10.9. The average Bonchev–Trinajstić information content (AvgIpc) is 2.42. The van der Waals surface area contributed by atoms with Crippen molar-refractivity contribution in [2.24, 2.45) is 5.73 Å². The quantitative estimate of drug-likeness (QED) is 0.752. The van der Waals surface area contributed by atoms with Crippen LogP contribution >= 0.6 is 0 Å². The Morgan fingerprint density at radius 2 is 2.06 bits per heavy atom. The summed E-state index contributed by atoms with van der Waals surface area (Å²) in [5.74, 6) is -0.0810. The maximum absolute atomic E-state index is 12.0. The molecule has 0 fully saturated rings. The molecule has 1 rings (SSSR count). The Balaban J connectivity index is 2.44. The molecule has 3 N–H and O–H groups in total. The molecule has 0 aliphatic heterocycles. The molecule has 0 saturated carbocycles. The van der Waals surface area contributed by atoms with Crippen molar-refractivity contribution in [2.45, 2.75) is 25.8 Å². The normalized spacial score (nSPS) is 12.2. The lowest BCUT2D eigenvalue weighted by molar-refractivity contribution is -0.133. The van der Waals surface area contributed by atoms with Gasteiger partial charge in [-0.05, 0) is 25.3 Å². The molecular weight excluding hydrogens is 228 g/mol. The van der Waals surface area contributed by atoms with Gasteiger partial charge in [-0.2, -0.15) is 0 Å². The number of aryl methyl sites for hydroxylation is 1. The number of likely N-dealkylation sites (N-methyl/N-ethyl adjacent to an activating group) is 1. The van der Waals surface area contributed by atoms with Crippen LogP contribution in [0.2, 0.25) is 0 Å². The third kappa shape index (κ3) is 4.47. The van der Waals surface area contributed by atoms with Crippen LogP contribution in [0.4, 0.5) is 0 Å². The number of amides is 1. The third-order valence-corrected chi connectivity index (χ3v) is 2.97. The summed E-state index contributed by atoms with van der Waals surface area (Å²) in [5, 5.41) is 8.87. The summed E-state index contributed by atoms with van der Waals surface area (Å²) in [6, 6.07) is 9.50. The fourth-order valence-electron chi connectivity index (χ4n) is 1.87. The maximum atomic E-state index is 12.0. The molecule has 4 heteroatoms. The second-order valence-corrected chi connectivity index (χ2v) is 4.27. The van der Waals surface area contributed by atoms with E-state index in [9.17, 15) is 4.79 Å². The number of hydrogen-bond acceptors (Lipinski definition) is 3. The molecule has 0 saturated heterocycles. The molecule has 100 valence electrons. The van der Waals surface area contributed by atoms with Gasteiger partial charge in [0.2, 0.25) is 5.91 Å². The van der Waals surface area contributed by atoms with Crippen LogP contribution in [0.15, 0.2) is 30.3 Å². The van der Waals surface area contributed by atoms with Gasteiger partial charge in [-0.25, -0.2) is 0 Å². The van der Waals surface area contributed by atoms with Crippen LogP contribution in [-0.2, 0) is 11.2 Å². The Morgan fingerprint density at radius 3 is 2.61 bits per heavy atom. The predicted octanol–water partition coefficient (Wildman–Crippen LogP) is 0.787. The van der Waals surface area contributed by atoms with Crippen LogP contribution in [-0.4, -0.2) is 41.7 Å². The zero-order valence-electron chi connectivity index (χ0n) is 10.9. The molecule has 1 atom stereocenters. The van der Waals surface area contributed by atoms with Crippen LogP contribution < -0.4 is 5.73 Å². The van der Waals surface area contributed by atoms with Crippen molar-refractivity contribution < 1.29 is 9.90 Å². The average molecular weight is 250 g/mol. The highest BCUT2D eigenvalue weighted by molar-refractivity contribution is 5.81. The first-order chi connectivity index (χ1) is 8.69. The van der Waals surface area contributed by atoms with Gasteiger partial charge in [-0.3, -0.25) is 4.79 Å². The van der Waals surface area contributed by atoms with Crippen molar-refractivity contribution >= 4 is 5.91 Å². The van der Waals surface area contributed by atoms with E-state index in [1.165, 1.54) is 5.56 Å². The number of nitrogens with zero attached hydrogens (tertiary/aromatic N) is 1. The maximum Gasteiger partial charge on any atom is 0.239 e. The fraction of sp³-hybridized carbons (Fsp3) is 0.500. The van der Waals surface area contributed by atoms with E-state index in [4.69, 9.17) is 10.8 Å². The van der Waals surface area contributed by atoms with Crippen molar-refractivity contribution in [3.8, 4) is 0 Å². The second kappa shape index (κ2) is 7.84. The van der Waals surface area contributed by atoms with E-state index in [2.05, 4.69) is 0 Å². The minimum Gasteiger partial charge on any atom is -0.395 e. The molecule has 0 unspecified atom stereocenters. The Labute approximate surface area is 108 Å². The van der Waals surface area contributed by atoms with E-state index in [-0.39, 0.29) is 12.5 Å². The largest absolute Gasteiger partial charge is 0.395 e. The Kier molecular flexibility index (Phi) is 6.39. The molecule has 18 heavy (non-hydrogen) atoms. The number of aliphatic hydroxyl groups is 1. The van der Waals surface area contributed by atoms with Crippen LogP contribution in [0.25, 0.3) is 0 Å². The highest BCUT2D eigenvalue weighted by Crippen LogP contribution is 2.06. The Bertz CT molecular complexity index is 354. The molecule has 1 aromatic rings. The van der Waals surface area contributed by atoms with E-state index in [0.717, 1.165) is 6.42 Å². The summed E-state index contributed by atoms with van der Waals surface area (Å²) < 4.78 is 0. The molecule has 0 aromatic heterocycles. The summed E-state index contributed by atoms with van der Waals surface area (Å²) >= 11 is 0. The van der Waals surface area contributed by atoms with E-state index >= 15 is 0 Å². The van der Waals surface area contributed by atoms with Crippen molar-refractivity contribution in [2.75, 3.05) is 19.7 Å².